The van der Waals surface area contributed by atoms with E-state index in [1.807, 2.05) is 19.1 Å². The Morgan fingerprint density at radius 2 is 2.29 bits per heavy atom. The number of carboxylic acid groups (broad SMARTS) is 1. The summed E-state index contributed by atoms with van der Waals surface area (Å²) in [5.41, 5.74) is 1.90. The molecule has 0 aromatic heterocycles. The van der Waals surface area contributed by atoms with Gasteiger partial charge in [0.15, 0.2) is 0 Å². The van der Waals surface area contributed by atoms with Gasteiger partial charge in [0.05, 0.1) is 0 Å². The van der Waals surface area contributed by atoms with E-state index < -0.39 is 10.8 Å². The topological polar surface area (TPSA) is 37.3 Å². The molecule has 0 aliphatic heterocycles. The van der Waals surface area contributed by atoms with Crippen molar-refractivity contribution in [1.29, 1.82) is 0 Å². The van der Waals surface area contributed by atoms with Crippen molar-refractivity contribution in [1.82, 2.24) is 0 Å². The molecule has 0 heterocycles. The zero-order chi connectivity index (χ0) is 10.7. The monoisotopic (exact) mass is 276 g/mol. The molecule has 1 atom stereocenters. The Hall–Kier alpha value is -0.540. The molecule has 14 heavy (non-hydrogen) atoms. The van der Waals surface area contributed by atoms with Crippen molar-refractivity contribution in [3.8, 4) is 0 Å². The first-order valence-electron chi connectivity index (χ1n) is 4.13. The average Bonchev–Trinajstić information content (AvgIpc) is 2.12. The minimum absolute atomic E-state index is 0.446. The van der Waals surface area contributed by atoms with Gasteiger partial charge in [0.2, 0.25) is 0 Å². The van der Waals surface area contributed by atoms with E-state index in [0.717, 1.165) is 11.1 Å². The van der Waals surface area contributed by atoms with Crippen molar-refractivity contribution in [3.05, 3.63) is 34.3 Å². The fourth-order valence-electron chi connectivity index (χ4n) is 1.15. The number of benzene rings is 1. The van der Waals surface area contributed by atoms with Gasteiger partial charge >= 0.3 is 5.97 Å². The quantitative estimate of drug-likeness (QED) is 0.862. The van der Waals surface area contributed by atoms with Crippen LogP contribution in [0.2, 0.25) is 5.02 Å². The summed E-state index contributed by atoms with van der Waals surface area (Å²) in [5.74, 6) is -0.857. The van der Waals surface area contributed by atoms with Crippen LogP contribution in [0.5, 0.6) is 0 Å². The third-order valence-corrected chi connectivity index (χ3v) is 3.17. The Labute approximate surface area is 96.0 Å². The standard InChI is InChI=1S/C10H10BrClO2/c1-6-7(3-2-4-9(6)12)5-8(11)10(13)14/h2-4,8H,5H2,1H3,(H,13,14)/t8-/m0/s1. The lowest BCUT2D eigenvalue weighted by molar-refractivity contribution is -0.136. The molecule has 0 fully saturated rings. The molecule has 0 unspecified atom stereocenters. The Bertz CT molecular complexity index is 352. The zero-order valence-electron chi connectivity index (χ0n) is 7.63. The van der Waals surface area contributed by atoms with E-state index in [0.29, 0.717) is 11.4 Å². The molecule has 0 bridgehead atoms. The summed E-state index contributed by atoms with van der Waals surface area (Å²) in [6, 6.07) is 5.51. The summed E-state index contributed by atoms with van der Waals surface area (Å²) in [6.07, 6.45) is 0.446. The number of alkyl halides is 1. The molecule has 0 saturated carbocycles. The summed E-state index contributed by atoms with van der Waals surface area (Å²) in [6.45, 7) is 1.89. The third kappa shape index (κ3) is 2.72. The second-order valence-electron chi connectivity index (χ2n) is 3.03. The SMILES string of the molecule is Cc1c(Cl)cccc1C[C@H](Br)C(=O)O. The first kappa shape index (κ1) is 11.5. The van der Waals surface area contributed by atoms with Gasteiger partial charge in [0.25, 0.3) is 0 Å². The van der Waals surface area contributed by atoms with Gasteiger partial charge in [-0.15, -0.1) is 0 Å². The molecule has 0 radical (unpaired) electrons. The normalized spacial score (nSPS) is 12.5. The highest BCUT2D eigenvalue weighted by Gasteiger charge is 2.15. The van der Waals surface area contributed by atoms with E-state index in [1.54, 1.807) is 6.07 Å². The molecule has 0 spiro atoms. The van der Waals surface area contributed by atoms with E-state index in [4.69, 9.17) is 16.7 Å². The minimum atomic E-state index is -0.857. The number of halogens is 2. The molecule has 2 nitrogen and oxygen atoms in total. The molecule has 0 amide bonds. The van der Waals surface area contributed by atoms with Crippen LogP contribution in [0.1, 0.15) is 11.1 Å². The van der Waals surface area contributed by atoms with Gasteiger partial charge in [-0.1, -0.05) is 39.7 Å². The Balaban J connectivity index is 2.87. The van der Waals surface area contributed by atoms with E-state index in [2.05, 4.69) is 15.9 Å². The molecule has 1 rings (SSSR count). The molecular formula is C10H10BrClO2. The van der Waals surface area contributed by atoms with Crippen molar-refractivity contribution in [3.63, 3.8) is 0 Å². The first-order chi connectivity index (χ1) is 6.52. The summed E-state index contributed by atoms with van der Waals surface area (Å²) >= 11 is 9.01. The lowest BCUT2D eigenvalue weighted by Crippen LogP contribution is -2.15. The van der Waals surface area contributed by atoms with E-state index in [-0.39, 0.29) is 0 Å². The largest absolute Gasteiger partial charge is 0.480 e. The lowest BCUT2D eigenvalue weighted by atomic mass is 10.0. The number of hydrogen-bond acceptors (Lipinski definition) is 1. The van der Waals surface area contributed by atoms with Crippen LogP contribution >= 0.6 is 27.5 Å². The lowest BCUT2D eigenvalue weighted by Gasteiger charge is -2.08. The molecule has 4 heteroatoms. The first-order valence-corrected chi connectivity index (χ1v) is 5.42. The molecular weight excluding hydrogens is 267 g/mol. The predicted octanol–water partition coefficient (Wildman–Crippen LogP) is 3.04. The van der Waals surface area contributed by atoms with Crippen molar-refractivity contribution in [2.75, 3.05) is 0 Å². The highest BCUT2D eigenvalue weighted by Crippen LogP contribution is 2.21. The summed E-state index contributed by atoms with van der Waals surface area (Å²) in [5, 5.41) is 9.40. The van der Waals surface area contributed by atoms with E-state index in [1.165, 1.54) is 0 Å². The van der Waals surface area contributed by atoms with Crippen LogP contribution in [-0.2, 0) is 11.2 Å². The zero-order valence-corrected chi connectivity index (χ0v) is 9.97. The van der Waals surface area contributed by atoms with Crippen LogP contribution in [0.4, 0.5) is 0 Å². The minimum Gasteiger partial charge on any atom is -0.480 e. The number of hydrogen-bond donors (Lipinski definition) is 1. The van der Waals surface area contributed by atoms with Gasteiger partial charge in [0.1, 0.15) is 4.83 Å². The van der Waals surface area contributed by atoms with Crippen LogP contribution in [0, 0.1) is 6.92 Å². The van der Waals surface area contributed by atoms with Crippen molar-refractivity contribution < 1.29 is 9.90 Å². The Morgan fingerprint density at radius 3 is 2.86 bits per heavy atom. The fraction of sp³-hybridized carbons (Fsp3) is 0.300. The third-order valence-electron chi connectivity index (χ3n) is 2.05. The van der Waals surface area contributed by atoms with Crippen LogP contribution in [-0.4, -0.2) is 15.9 Å². The van der Waals surface area contributed by atoms with Gasteiger partial charge in [-0.3, -0.25) is 4.79 Å². The maximum Gasteiger partial charge on any atom is 0.317 e. The average molecular weight is 278 g/mol. The number of aliphatic carboxylic acids is 1. The van der Waals surface area contributed by atoms with Crippen molar-refractivity contribution in [2.24, 2.45) is 0 Å². The van der Waals surface area contributed by atoms with E-state index >= 15 is 0 Å². The highest BCUT2D eigenvalue weighted by atomic mass is 79.9. The molecule has 1 aromatic rings. The van der Waals surface area contributed by atoms with Gasteiger partial charge in [0, 0.05) is 5.02 Å². The van der Waals surface area contributed by atoms with Gasteiger partial charge in [-0.05, 0) is 30.5 Å². The summed E-state index contributed by atoms with van der Waals surface area (Å²) in [7, 11) is 0. The summed E-state index contributed by atoms with van der Waals surface area (Å²) < 4.78 is 0. The number of carboxylic acids is 1. The second-order valence-corrected chi connectivity index (χ2v) is 4.55. The summed E-state index contributed by atoms with van der Waals surface area (Å²) in [4.78, 5) is 10.1. The van der Waals surface area contributed by atoms with Crippen molar-refractivity contribution in [2.45, 2.75) is 18.2 Å². The smallest absolute Gasteiger partial charge is 0.317 e. The van der Waals surface area contributed by atoms with Crippen LogP contribution in [0.25, 0.3) is 0 Å². The predicted molar refractivity (Wildman–Crippen MR) is 60.2 cm³/mol. The van der Waals surface area contributed by atoms with Crippen LogP contribution < -0.4 is 0 Å². The maximum absolute atomic E-state index is 10.6. The number of rotatable bonds is 3. The molecule has 76 valence electrons. The molecule has 0 aliphatic rings. The molecule has 0 aliphatic carbocycles. The molecule has 1 N–H and O–H groups in total. The fourth-order valence-corrected chi connectivity index (χ4v) is 1.70. The van der Waals surface area contributed by atoms with Crippen LogP contribution in [0.3, 0.4) is 0 Å². The van der Waals surface area contributed by atoms with E-state index in [9.17, 15) is 4.79 Å². The maximum atomic E-state index is 10.6. The second kappa shape index (κ2) is 4.80. The van der Waals surface area contributed by atoms with Gasteiger partial charge in [-0.2, -0.15) is 0 Å². The highest BCUT2D eigenvalue weighted by molar-refractivity contribution is 9.10. The van der Waals surface area contributed by atoms with Crippen LogP contribution in [0.15, 0.2) is 18.2 Å². The van der Waals surface area contributed by atoms with Crippen molar-refractivity contribution >= 4 is 33.5 Å². The van der Waals surface area contributed by atoms with Gasteiger partial charge < -0.3 is 5.11 Å². The molecule has 1 aromatic carbocycles. The Kier molecular flexibility index (Phi) is 3.96. The number of carbonyl (C=O) groups is 1. The Morgan fingerprint density at radius 1 is 1.64 bits per heavy atom. The molecule has 0 saturated heterocycles. The van der Waals surface area contributed by atoms with Gasteiger partial charge in [-0.25, -0.2) is 0 Å².